The zero-order valence-corrected chi connectivity index (χ0v) is 12.7. The molecule has 1 aromatic rings. The van der Waals surface area contributed by atoms with Gasteiger partial charge < -0.3 is 11.1 Å². The maximum Gasteiger partial charge on any atom is 0.224 e. The largest absolute Gasteiger partial charge is 0.354 e. The van der Waals surface area contributed by atoms with Gasteiger partial charge in [0.25, 0.3) is 0 Å². The topological polar surface area (TPSA) is 55.1 Å². The highest BCUT2D eigenvalue weighted by Crippen LogP contribution is 2.51. The molecule has 0 saturated heterocycles. The Labute approximate surface area is 125 Å². The normalized spacial score (nSPS) is 17.2. The van der Waals surface area contributed by atoms with Crippen LogP contribution in [0.1, 0.15) is 19.8 Å². The molecule has 1 aromatic carbocycles. The molecule has 0 radical (unpaired) electrons. The van der Waals surface area contributed by atoms with Gasteiger partial charge in [-0.1, -0.05) is 25.1 Å². The second kappa shape index (κ2) is 7.17. The minimum atomic E-state index is -0.0949. The molecular weight excluding hydrogens is 280 g/mol. The van der Waals surface area contributed by atoms with Crippen LogP contribution in [-0.2, 0) is 4.79 Å². The Morgan fingerprint density at radius 1 is 1.42 bits per heavy atom. The number of nitrogens with two attached hydrogens (primary N) is 1. The lowest BCUT2D eigenvalue weighted by atomic mass is 10.1. The zero-order valence-electron chi connectivity index (χ0n) is 11.1. The number of rotatable bonds is 6. The van der Waals surface area contributed by atoms with Gasteiger partial charge in [-0.15, -0.1) is 24.2 Å². The third-order valence-electron chi connectivity index (χ3n) is 3.27. The molecule has 106 valence electrons. The molecule has 5 heteroatoms. The Morgan fingerprint density at radius 2 is 2.05 bits per heavy atom. The van der Waals surface area contributed by atoms with Crippen molar-refractivity contribution in [3.63, 3.8) is 0 Å². The lowest BCUT2D eigenvalue weighted by Gasteiger charge is -2.17. The van der Waals surface area contributed by atoms with E-state index in [4.69, 9.17) is 5.73 Å². The highest BCUT2D eigenvalue weighted by molar-refractivity contribution is 8.01. The van der Waals surface area contributed by atoms with Gasteiger partial charge >= 0.3 is 0 Å². The summed E-state index contributed by atoms with van der Waals surface area (Å²) in [6, 6.07) is 10.4. The second-order valence-electron chi connectivity index (χ2n) is 4.95. The Bertz CT molecular complexity index is 409. The first-order valence-electron chi connectivity index (χ1n) is 6.37. The fourth-order valence-electron chi connectivity index (χ4n) is 1.72. The number of benzene rings is 1. The van der Waals surface area contributed by atoms with Crippen LogP contribution in [0.2, 0.25) is 0 Å². The lowest BCUT2D eigenvalue weighted by Crippen LogP contribution is -2.37. The van der Waals surface area contributed by atoms with E-state index in [1.54, 1.807) is 0 Å². The van der Waals surface area contributed by atoms with Crippen LogP contribution in [0.4, 0.5) is 0 Å². The Balaban J connectivity index is 0.00000180. The van der Waals surface area contributed by atoms with Crippen LogP contribution < -0.4 is 11.1 Å². The molecule has 1 atom stereocenters. The minimum Gasteiger partial charge on any atom is -0.354 e. The van der Waals surface area contributed by atoms with Crippen LogP contribution in [-0.4, -0.2) is 23.7 Å². The molecule has 0 aromatic heterocycles. The molecule has 1 fully saturated rings. The molecule has 1 aliphatic rings. The van der Waals surface area contributed by atoms with E-state index in [1.807, 2.05) is 36.9 Å². The van der Waals surface area contributed by atoms with Gasteiger partial charge in [-0.3, -0.25) is 4.79 Å². The van der Waals surface area contributed by atoms with Crippen LogP contribution in [0, 0.1) is 5.92 Å². The number of thioether (sulfide) groups is 1. The van der Waals surface area contributed by atoms with E-state index in [1.165, 1.54) is 17.7 Å². The van der Waals surface area contributed by atoms with Crippen LogP contribution in [0.5, 0.6) is 0 Å². The van der Waals surface area contributed by atoms with Crippen LogP contribution >= 0.6 is 24.2 Å². The van der Waals surface area contributed by atoms with Crippen molar-refractivity contribution in [3.8, 4) is 0 Å². The average Bonchev–Trinajstić information content (AvgIpc) is 3.16. The van der Waals surface area contributed by atoms with Crippen molar-refractivity contribution < 1.29 is 4.79 Å². The van der Waals surface area contributed by atoms with Gasteiger partial charge in [-0.05, 0) is 25.0 Å². The van der Waals surface area contributed by atoms with Gasteiger partial charge in [0.2, 0.25) is 5.91 Å². The zero-order chi connectivity index (χ0) is 13.0. The fraction of sp³-hybridized carbons (Fsp3) is 0.500. The van der Waals surface area contributed by atoms with Gasteiger partial charge in [0, 0.05) is 28.6 Å². The second-order valence-corrected chi connectivity index (χ2v) is 6.49. The monoisotopic (exact) mass is 300 g/mol. The van der Waals surface area contributed by atoms with Gasteiger partial charge in [0.15, 0.2) is 0 Å². The third-order valence-corrected chi connectivity index (χ3v) is 4.76. The fourth-order valence-corrected chi connectivity index (χ4v) is 2.97. The molecule has 19 heavy (non-hydrogen) atoms. The number of carbonyl (C=O) groups excluding carboxylic acids is 1. The number of nitrogens with one attached hydrogen (secondary N) is 1. The van der Waals surface area contributed by atoms with Crippen molar-refractivity contribution in [1.82, 2.24) is 5.32 Å². The van der Waals surface area contributed by atoms with E-state index >= 15 is 0 Å². The third kappa shape index (κ3) is 4.71. The van der Waals surface area contributed by atoms with Crippen molar-refractivity contribution in [2.45, 2.75) is 29.4 Å². The molecule has 0 aliphatic heterocycles. The van der Waals surface area contributed by atoms with E-state index in [-0.39, 0.29) is 29.0 Å². The van der Waals surface area contributed by atoms with E-state index < -0.39 is 0 Å². The maximum atomic E-state index is 11.7. The standard InChI is InChI=1S/C14H20N2OS.ClH/c1-11(9-15)13(17)16-10-14(7-8-14)18-12-5-3-2-4-6-12;/h2-6,11H,7-10,15H2,1H3,(H,16,17);1H. The Morgan fingerprint density at radius 3 is 2.58 bits per heavy atom. The molecule has 2 rings (SSSR count). The van der Waals surface area contributed by atoms with E-state index in [0.717, 1.165) is 6.54 Å². The molecule has 1 saturated carbocycles. The van der Waals surface area contributed by atoms with Crippen molar-refractivity contribution in [3.05, 3.63) is 30.3 Å². The maximum absolute atomic E-state index is 11.7. The Hall–Kier alpha value is -0.710. The summed E-state index contributed by atoms with van der Waals surface area (Å²) < 4.78 is 0.214. The van der Waals surface area contributed by atoms with Crippen molar-refractivity contribution in [2.75, 3.05) is 13.1 Å². The summed E-state index contributed by atoms with van der Waals surface area (Å²) in [6.07, 6.45) is 2.34. The molecule has 3 N–H and O–H groups in total. The summed E-state index contributed by atoms with van der Waals surface area (Å²) in [5.74, 6) is -0.0278. The molecule has 1 amide bonds. The van der Waals surface area contributed by atoms with Crippen LogP contribution in [0.15, 0.2) is 35.2 Å². The van der Waals surface area contributed by atoms with E-state index in [2.05, 4.69) is 17.4 Å². The molecule has 1 unspecified atom stereocenters. The van der Waals surface area contributed by atoms with Crippen molar-refractivity contribution in [2.24, 2.45) is 11.7 Å². The molecule has 0 bridgehead atoms. The van der Waals surface area contributed by atoms with Crippen molar-refractivity contribution in [1.29, 1.82) is 0 Å². The predicted octanol–water partition coefficient (Wildman–Crippen LogP) is 2.44. The van der Waals surface area contributed by atoms with Gasteiger partial charge in [-0.25, -0.2) is 0 Å². The summed E-state index contributed by atoms with van der Waals surface area (Å²) in [4.78, 5) is 13.0. The predicted molar refractivity (Wildman–Crippen MR) is 82.7 cm³/mol. The minimum absolute atomic E-state index is 0. The first kappa shape index (κ1) is 16.3. The van der Waals surface area contributed by atoms with E-state index in [0.29, 0.717) is 6.54 Å². The highest BCUT2D eigenvalue weighted by atomic mass is 35.5. The molecule has 1 aliphatic carbocycles. The quantitative estimate of drug-likeness (QED) is 0.848. The van der Waals surface area contributed by atoms with E-state index in [9.17, 15) is 4.79 Å². The number of hydrogen-bond acceptors (Lipinski definition) is 3. The first-order valence-corrected chi connectivity index (χ1v) is 7.19. The summed E-state index contributed by atoms with van der Waals surface area (Å²) in [5.41, 5.74) is 5.49. The Kier molecular flexibility index (Phi) is 6.17. The summed E-state index contributed by atoms with van der Waals surface area (Å²) >= 11 is 1.87. The molecular formula is C14H21ClN2OS. The van der Waals surface area contributed by atoms with Crippen LogP contribution in [0.25, 0.3) is 0 Å². The average molecular weight is 301 g/mol. The highest BCUT2D eigenvalue weighted by Gasteiger charge is 2.43. The van der Waals surface area contributed by atoms with Gasteiger partial charge in [0.1, 0.15) is 0 Å². The summed E-state index contributed by atoms with van der Waals surface area (Å²) in [7, 11) is 0. The summed E-state index contributed by atoms with van der Waals surface area (Å²) in [6.45, 7) is 3.01. The number of carbonyl (C=O) groups is 1. The smallest absolute Gasteiger partial charge is 0.224 e. The molecule has 0 spiro atoms. The van der Waals surface area contributed by atoms with Crippen molar-refractivity contribution >= 4 is 30.1 Å². The van der Waals surface area contributed by atoms with Gasteiger partial charge in [-0.2, -0.15) is 0 Å². The van der Waals surface area contributed by atoms with Gasteiger partial charge in [0.05, 0.1) is 0 Å². The number of amides is 1. The molecule has 3 nitrogen and oxygen atoms in total. The molecule has 0 heterocycles. The summed E-state index contributed by atoms with van der Waals surface area (Å²) in [5, 5.41) is 3.02. The number of halogens is 1. The first-order chi connectivity index (χ1) is 8.65. The van der Waals surface area contributed by atoms with Crippen LogP contribution in [0.3, 0.4) is 0 Å². The number of hydrogen-bond donors (Lipinski definition) is 2. The lowest BCUT2D eigenvalue weighted by molar-refractivity contribution is -0.124. The SMILES string of the molecule is CC(CN)C(=O)NCC1(Sc2ccccc2)CC1.Cl.